The highest BCUT2D eigenvalue weighted by Gasteiger charge is 2.21. The van der Waals surface area contributed by atoms with E-state index in [-0.39, 0.29) is 25.7 Å². The Kier molecular flexibility index (Phi) is 11.8. The van der Waals surface area contributed by atoms with Crippen LogP contribution in [-0.4, -0.2) is 57.5 Å². The van der Waals surface area contributed by atoms with Crippen molar-refractivity contribution in [2.45, 2.75) is 13.0 Å². The molecule has 0 aliphatic heterocycles. The van der Waals surface area contributed by atoms with Gasteiger partial charge in [0.25, 0.3) is 0 Å². The summed E-state index contributed by atoms with van der Waals surface area (Å²) in [6, 6.07) is 0. The average molecular weight is 550 g/mol. The van der Waals surface area contributed by atoms with Gasteiger partial charge >= 0.3 is 19.7 Å². The molecule has 0 aromatic carbocycles. The molecule has 15 heteroatoms. The van der Waals surface area contributed by atoms with Crippen LogP contribution >= 0.6 is 39.5 Å². The van der Waals surface area contributed by atoms with Gasteiger partial charge in [-0.1, -0.05) is 36.8 Å². The fourth-order valence-electron chi connectivity index (χ4n) is 1.91. The van der Waals surface area contributed by atoms with Crippen molar-refractivity contribution in [1.82, 2.24) is 25.0 Å². The third-order valence-electron chi connectivity index (χ3n) is 3.27. The summed E-state index contributed by atoms with van der Waals surface area (Å²) in [5.41, 5.74) is 0.391. The molecule has 0 radical (unpaired) electrons. The second kappa shape index (κ2) is 13.2. The molecule has 1 rings (SSSR count). The van der Waals surface area contributed by atoms with E-state index in [1.807, 2.05) is 0 Å². The summed E-state index contributed by atoms with van der Waals surface area (Å²) in [6.07, 6.45) is 1.01. The Hall–Kier alpha value is -1.05. The minimum Gasteiger partial charge on any atom is -0.441 e. The summed E-state index contributed by atoms with van der Waals surface area (Å²) in [5.74, 6) is -0.331. The molecule has 1 amide bonds. The molecule has 0 spiro atoms. The number of alkyl carbamates (subject to hydrolysis) is 1. The number of nitro groups is 1. The molecule has 0 bridgehead atoms. The molecular formula is C13H23Br2N6O6P. The van der Waals surface area contributed by atoms with Crippen LogP contribution in [0.3, 0.4) is 0 Å². The molecule has 12 nitrogen and oxygen atoms in total. The molecular weight excluding hydrogens is 527 g/mol. The van der Waals surface area contributed by atoms with Gasteiger partial charge in [0, 0.05) is 30.3 Å². The summed E-state index contributed by atoms with van der Waals surface area (Å²) < 4.78 is 24.2. The number of rotatable bonds is 14. The first kappa shape index (κ1) is 25.0. The van der Waals surface area contributed by atoms with E-state index in [9.17, 15) is 19.5 Å². The van der Waals surface area contributed by atoms with Gasteiger partial charge in [0.15, 0.2) is 12.3 Å². The van der Waals surface area contributed by atoms with Crippen molar-refractivity contribution in [2.24, 2.45) is 7.05 Å². The van der Waals surface area contributed by atoms with Gasteiger partial charge in [0.1, 0.15) is 6.20 Å². The highest BCUT2D eigenvalue weighted by Crippen LogP contribution is 2.36. The van der Waals surface area contributed by atoms with Gasteiger partial charge in [-0.3, -0.25) is 4.57 Å². The number of amides is 1. The van der Waals surface area contributed by atoms with Gasteiger partial charge < -0.3 is 24.7 Å². The van der Waals surface area contributed by atoms with Crippen LogP contribution in [-0.2, 0) is 27.5 Å². The first-order valence-corrected chi connectivity index (χ1v) is 12.1. The van der Waals surface area contributed by atoms with Gasteiger partial charge in [0.05, 0.1) is 13.7 Å². The zero-order valence-electron chi connectivity index (χ0n) is 15.2. The van der Waals surface area contributed by atoms with Crippen molar-refractivity contribution in [3.05, 3.63) is 22.0 Å². The van der Waals surface area contributed by atoms with E-state index in [4.69, 9.17) is 9.26 Å². The molecule has 1 aromatic rings. The van der Waals surface area contributed by atoms with Crippen molar-refractivity contribution in [1.29, 1.82) is 0 Å². The van der Waals surface area contributed by atoms with Gasteiger partial charge in [0.2, 0.25) is 0 Å². The third-order valence-corrected chi connectivity index (χ3v) is 5.89. The number of hydrogen-bond acceptors (Lipinski definition) is 7. The van der Waals surface area contributed by atoms with Crippen LogP contribution in [0.15, 0.2) is 6.20 Å². The molecule has 0 saturated carbocycles. The fourth-order valence-corrected chi connectivity index (χ4v) is 4.41. The van der Waals surface area contributed by atoms with Gasteiger partial charge in [-0.05, 0) is 11.3 Å². The molecule has 1 heterocycles. The van der Waals surface area contributed by atoms with Crippen LogP contribution < -0.4 is 15.5 Å². The largest absolute Gasteiger partial charge is 0.441 e. The third kappa shape index (κ3) is 8.97. The first-order valence-electron chi connectivity index (χ1n) is 8.25. The second-order valence-electron chi connectivity index (χ2n) is 5.30. The SMILES string of the molecule is Cn1c(COC(=O)NCCCOP(=O)(NCCBr)NCCBr)cnc1[N+](=O)[O-]. The number of imidazole rings is 1. The van der Waals surface area contributed by atoms with E-state index < -0.39 is 18.7 Å². The van der Waals surface area contributed by atoms with Gasteiger partial charge in [-0.2, -0.15) is 0 Å². The maximum absolute atomic E-state index is 12.5. The Morgan fingerprint density at radius 1 is 1.32 bits per heavy atom. The molecule has 1 aromatic heterocycles. The van der Waals surface area contributed by atoms with Gasteiger partial charge in [-0.25, -0.2) is 19.5 Å². The smallest absolute Gasteiger partial charge is 0.434 e. The number of carbonyl (C=O) groups is 1. The number of alkyl halides is 2. The van der Waals surface area contributed by atoms with Crippen LogP contribution in [0.1, 0.15) is 12.1 Å². The van der Waals surface area contributed by atoms with Crippen molar-refractivity contribution >= 4 is 51.6 Å². The predicted octanol–water partition coefficient (Wildman–Crippen LogP) is 2.04. The summed E-state index contributed by atoms with van der Waals surface area (Å²) in [6.45, 7) is 1.21. The lowest BCUT2D eigenvalue weighted by Gasteiger charge is -2.19. The van der Waals surface area contributed by atoms with Crippen LogP contribution in [0.2, 0.25) is 0 Å². The molecule has 0 unspecified atom stereocenters. The highest BCUT2D eigenvalue weighted by molar-refractivity contribution is 9.09. The molecule has 28 heavy (non-hydrogen) atoms. The monoisotopic (exact) mass is 548 g/mol. The maximum atomic E-state index is 12.5. The van der Waals surface area contributed by atoms with E-state index in [0.717, 1.165) is 0 Å². The van der Waals surface area contributed by atoms with Crippen molar-refractivity contribution in [3.8, 4) is 0 Å². The molecule has 160 valence electrons. The molecule has 0 saturated heterocycles. The molecule has 0 aliphatic carbocycles. The fraction of sp³-hybridized carbons (Fsp3) is 0.692. The molecule has 0 aliphatic rings. The number of hydrogen-bond donors (Lipinski definition) is 3. The Balaban J connectivity index is 2.28. The Bertz CT molecular complexity index is 678. The Morgan fingerprint density at radius 2 is 1.96 bits per heavy atom. The van der Waals surface area contributed by atoms with E-state index in [0.29, 0.717) is 35.9 Å². The molecule has 0 fully saturated rings. The van der Waals surface area contributed by atoms with Crippen molar-refractivity contribution in [3.63, 3.8) is 0 Å². The van der Waals surface area contributed by atoms with Gasteiger partial charge in [-0.15, -0.1) is 0 Å². The summed E-state index contributed by atoms with van der Waals surface area (Å²) >= 11 is 6.49. The van der Waals surface area contributed by atoms with E-state index in [2.05, 4.69) is 52.3 Å². The normalized spacial score (nSPS) is 11.4. The van der Waals surface area contributed by atoms with Crippen LogP contribution in [0.25, 0.3) is 0 Å². The van der Waals surface area contributed by atoms with Crippen molar-refractivity contribution in [2.75, 3.05) is 36.9 Å². The van der Waals surface area contributed by atoms with Crippen LogP contribution in [0.5, 0.6) is 0 Å². The molecule has 3 N–H and O–H groups in total. The van der Waals surface area contributed by atoms with E-state index >= 15 is 0 Å². The van der Waals surface area contributed by atoms with Crippen LogP contribution in [0, 0.1) is 10.1 Å². The maximum Gasteiger partial charge on any atom is 0.434 e. The lowest BCUT2D eigenvalue weighted by molar-refractivity contribution is -0.396. The predicted molar refractivity (Wildman–Crippen MR) is 110 cm³/mol. The minimum atomic E-state index is -3.15. The summed E-state index contributed by atoms with van der Waals surface area (Å²) in [4.78, 5) is 25.4. The number of carbonyl (C=O) groups excluding carboxylic acids is 1. The van der Waals surface area contributed by atoms with E-state index in [1.54, 1.807) is 0 Å². The average Bonchev–Trinajstić information content (AvgIpc) is 3.03. The molecule has 0 atom stereocenters. The van der Waals surface area contributed by atoms with Crippen LogP contribution in [0.4, 0.5) is 10.7 Å². The summed E-state index contributed by atoms with van der Waals surface area (Å²) in [7, 11) is -1.69. The standard InChI is InChI=1S/C13H23Br2N6O6P/c1-20-11(9-17-12(20)21(23)24)10-26-13(22)16-5-2-8-27-28(25,18-6-3-14)19-7-4-15/h9H,2-8,10H2,1H3,(H,16,22)(H2,18,19,25). The topological polar surface area (TPSA) is 150 Å². The summed E-state index contributed by atoms with van der Waals surface area (Å²) in [5, 5.41) is 20.1. The number of aromatic nitrogens is 2. The zero-order valence-corrected chi connectivity index (χ0v) is 19.3. The first-order chi connectivity index (χ1) is 13.3. The highest BCUT2D eigenvalue weighted by atomic mass is 79.9. The zero-order chi connectivity index (χ0) is 21.0. The lowest BCUT2D eigenvalue weighted by Crippen LogP contribution is -2.29. The minimum absolute atomic E-state index is 0.151. The number of halogens is 2. The van der Waals surface area contributed by atoms with Crippen molar-refractivity contribution < 1.29 is 23.5 Å². The Labute approximate surface area is 179 Å². The number of nitrogens with zero attached hydrogens (tertiary/aromatic N) is 3. The quantitative estimate of drug-likeness (QED) is 0.104. The Morgan fingerprint density at radius 3 is 2.50 bits per heavy atom. The second-order valence-corrected chi connectivity index (χ2v) is 8.88. The number of nitrogens with one attached hydrogen (secondary N) is 3. The van der Waals surface area contributed by atoms with E-state index in [1.165, 1.54) is 17.8 Å². The lowest BCUT2D eigenvalue weighted by atomic mass is 10.4. The number of ether oxygens (including phenoxy) is 1.